The first-order valence-electron chi connectivity index (χ1n) is 9.66. The summed E-state index contributed by atoms with van der Waals surface area (Å²) in [5.41, 5.74) is 4.47. The lowest BCUT2D eigenvalue weighted by molar-refractivity contribution is -0.123. The highest BCUT2D eigenvalue weighted by atomic mass is 19.1. The first-order chi connectivity index (χ1) is 14.9. The number of hydrogen-bond donors (Lipinski definition) is 1. The van der Waals surface area contributed by atoms with E-state index in [1.807, 2.05) is 36.6 Å². The van der Waals surface area contributed by atoms with Gasteiger partial charge in [-0.15, -0.1) is 0 Å². The van der Waals surface area contributed by atoms with E-state index in [1.165, 1.54) is 6.07 Å². The Hall–Kier alpha value is -4.18. The molecule has 2 aromatic carbocycles. The molecule has 3 amide bonds. The molecule has 0 spiro atoms. The van der Waals surface area contributed by atoms with Crippen LogP contribution in [-0.2, 0) is 11.3 Å². The van der Waals surface area contributed by atoms with Gasteiger partial charge in [-0.25, -0.2) is 9.18 Å². The fourth-order valence-electron chi connectivity index (χ4n) is 3.68. The summed E-state index contributed by atoms with van der Waals surface area (Å²) in [7, 11) is 0. The fourth-order valence-corrected chi connectivity index (χ4v) is 3.68. The number of halogens is 1. The molecule has 2 heterocycles. The third kappa shape index (κ3) is 3.71. The third-order valence-electron chi connectivity index (χ3n) is 5.27. The molecule has 1 N–H and O–H groups in total. The van der Waals surface area contributed by atoms with Crippen LogP contribution < -0.4 is 5.32 Å². The number of rotatable bonds is 4. The largest absolute Gasteiger partial charge is 0.329 e. The number of carbonyl (C=O) groups excluding carboxylic acids is 2. The van der Waals surface area contributed by atoms with Gasteiger partial charge in [-0.05, 0) is 61.9 Å². The molecule has 1 aromatic heterocycles. The molecule has 31 heavy (non-hydrogen) atoms. The second-order valence-corrected chi connectivity index (χ2v) is 7.29. The molecule has 0 radical (unpaired) electrons. The Kier molecular flexibility index (Phi) is 5.14. The van der Waals surface area contributed by atoms with Crippen LogP contribution in [0.25, 0.3) is 11.8 Å². The highest BCUT2D eigenvalue weighted by Gasteiger charge is 2.34. The third-order valence-corrected chi connectivity index (χ3v) is 5.27. The normalized spacial score (nSPS) is 14.8. The molecular formula is C24H19FN4O2. The summed E-state index contributed by atoms with van der Waals surface area (Å²) < 4.78 is 16.0. The maximum atomic E-state index is 13.9. The highest BCUT2D eigenvalue weighted by Crippen LogP contribution is 2.25. The van der Waals surface area contributed by atoms with Crippen LogP contribution >= 0.6 is 0 Å². The van der Waals surface area contributed by atoms with E-state index in [-0.39, 0.29) is 17.8 Å². The quantitative estimate of drug-likeness (QED) is 0.513. The van der Waals surface area contributed by atoms with Crippen LogP contribution in [0.3, 0.4) is 0 Å². The van der Waals surface area contributed by atoms with Crippen molar-refractivity contribution in [3.8, 4) is 11.8 Å². The molecule has 0 bridgehead atoms. The van der Waals surface area contributed by atoms with Gasteiger partial charge in [0.05, 0.1) is 18.2 Å². The topological polar surface area (TPSA) is 78.1 Å². The van der Waals surface area contributed by atoms with E-state index in [9.17, 15) is 14.0 Å². The maximum absolute atomic E-state index is 13.9. The second-order valence-electron chi connectivity index (χ2n) is 7.29. The Balaban J connectivity index is 1.63. The zero-order chi connectivity index (χ0) is 22.1. The van der Waals surface area contributed by atoms with Crippen molar-refractivity contribution >= 4 is 18.0 Å². The first-order valence-corrected chi connectivity index (χ1v) is 9.66. The molecule has 3 aromatic rings. The van der Waals surface area contributed by atoms with Crippen LogP contribution in [0.2, 0.25) is 0 Å². The van der Waals surface area contributed by atoms with Gasteiger partial charge in [-0.1, -0.05) is 18.2 Å². The summed E-state index contributed by atoms with van der Waals surface area (Å²) in [6.45, 7) is 3.71. The molecule has 7 heteroatoms. The van der Waals surface area contributed by atoms with Crippen molar-refractivity contribution in [1.82, 2.24) is 14.8 Å². The van der Waals surface area contributed by atoms with Gasteiger partial charge in [0.1, 0.15) is 11.5 Å². The van der Waals surface area contributed by atoms with Gasteiger partial charge >= 0.3 is 6.03 Å². The average Bonchev–Trinajstić information content (AvgIpc) is 3.19. The maximum Gasteiger partial charge on any atom is 0.329 e. The van der Waals surface area contributed by atoms with Crippen molar-refractivity contribution in [3.05, 3.63) is 94.2 Å². The zero-order valence-corrected chi connectivity index (χ0v) is 17.0. The Bertz CT molecular complexity index is 1270. The van der Waals surface area contributed by atoms with Gasteiger partial charge in [-0.3, -0.25) is 9.69 Å². The van der Waals surface area contributed by atoms with E-state index in [0.717, 1.165) is 27.5 Å². The van der Waals surface area contributed by atoms with Crippen molar-refractivity contribution in [1.29, 1.82) is 5.26 Å². The minimum atomic E-state index is -0.583. The van der Waals surface area contributed by atoms with Crippen molar-refractivity contribution in [3.63, 3.8) is 0 Å². The highest BCUT2D eigenvalue weighted by molar-refractivity contribution is 6.14. The molecular weight excluding hydrogens is 395 g/mol. The Morgan fingerprint density at radius 2 is 1.81 bits per heavy atom. The van der Waals surface area contributed by atoms with Gasteiger partial charge in [0.25, 0.3) is 5.91 Å². The van der Waals surface area contributed by atoms with Crippen molar-refractivity contribution in [2.75, 3.05) is 0 Å². The molecule has 0 unspecified atom stereocenters. The molecule has 1 aliphatic rings. The standard InChI is InChI=1S/C24H19FN4O2/c1-15-11-19(16(2)29(15)20-9-7-17(13-26)8-10-20)12-22-23(30)28(24(31)27-22)14-18-5-3-4-6-21(18)25/h3-12H,14H2,1-2H3,(H,27,31). The van der Waals surface area contributed by atoms with Crippen LogP contribution in [0.5, 0.6) is 0 Å². The minimum absolute atomic E-state index is 0.140. The SMILES string of the molecule is Cc1cc(C=C2NC(=O)N(Cc3ccccc3F)C2=O)c(C)n1-c1ccc(C#N)cc1. The average molecular weight is 414 g/mol. The van der Waals surface area contributed by atoms with Crippen LogP contribution in [0.4, 0.5) is 9.18 Å². The number of benzene rings is 2. The molecule has 4 rings (SSSR count). The molecule has 1 saturated heterocycles. The number of imide groups is 1. The Morgan fingerprint density at radius 1 is 1.10 bits per heavy atom. The predicted octanol–water partition coefficient (Wildman–Crippen LogP) is 4.20. The van der Waals surface area contributed by atoms with E-state index < -0.39 is 17.8 Å². The number of urea groups is 1. The van der Waals surface area contributed by atoms with Crippen LogP contribution in [0.1, 0.15) is 28.1 Å². The van der Waals surface area contributed by atoms with E-state index in [4.69, 9.17) is 5.26 Å². The molecule has 1 fully saturated rings. The van der Waals surface area contributed by atoms with Crippen LogP contribution in [-0.4, -0.2) is 21.4 Å². The molecule has 0 aliphatic carbocycles. The molecule has 0 atom stereocenters. The number of aryl methyl sites for hydroxylation is 1. The van der Waals surface area contributed by atoms with E-state index in [1.54, 1.807) is 36.4 Å². The number of aromatic nitrogens is 1. The van der Waals surface area contributed by atoms with Crippen LogP contribution in [0, 0.1) is 31.0 Å². The van der Waals surface area contributed by atoms with E-state index >= 15 is 0 Å². The summed E-state index contributed by atoms with van der Waals surface area (Å²) in [5.74, 6) is -0.970. The number of nitrogens with zero attached hydrogens (tertiary/aromatic N) is 3. The van der Waals surface area contributed by atoms with Crippen molar-refractivity contribution < 1.29 is 14.0 Å². The Labute approximate surface area is 178 Å². The van der Waals surface area contributed by atoms with Crippen molar-refractivity contribution in [2.24, 2.45) is 0 Å². The predicted molar refractivity (Wildman–Crippen MR) is 113 cm³/mol. The van der Waals surface area contributed by atoms with Gasteiger partial charge < -0.3 is 9.88 Å². The number of amides is 3. The summed E-state index contributed by atoms with van der Waals surface area (Å²) in [6.07, 6.45) is 1.63. The number of hydrogen-bond acceptors (Lipinski definition) is 3. The summed E-state index contributed by atoms with van der Waals surface area (Å²) in [5, 5.41) is 11.6. The summed E-state index contributed by atoms with van der Waals surface area (Å²) in [6, 6.07) is 16.7. The fraction of sp³-hybridized carbons (Fsp3) is 0.125. The van der Waals surface area contributed by atoms with Gasteiger partial charge in [0.2, 0.25) is 0 Å². The van der Waals surface area contributed by atoms with Gasteiger partial charge in [-0.2, -0.15) is 5.26 Å². The molecule has 0 saturated carbocycles. The lowest BCUT2D eigenvalue weighted by Crippen LogP contribution is -2.30. The number of nitriles is 1. The van der Waals surface area contributed by atoms with Gasteiger partial charge in [0.15, 0.2) is 0 Å². The summed E-state index contributed by atoms with van der Waals surface area (Å²) in [4.78, 5) is 26.1. The van der Waals surface area contributed by atoms with Crippen LogP contribution in [0.15, 0.2) is 60.3 Å². The molecule has 1 aliphatic heterocycles. The summed E-state index contributed by atoms with van der Waals surface area (Å²) >= 11 is 0. The second kappa shape index (κ2) is 7.92. The smallest absolute Gasteiger partial charge is 0.318 e. The van der Waals surface area contributed by atoms with Crippen molar-refractivity contribution in [2.45, 2.75) is 20.4 Å². The lowest BCUT2D eigenvalue weighted by atomic mass is 10.2. The van der Waals surface area contributed by atoms with Gasteiger partial charge in [0, 0.05) is 22.6 Å². The zero-order valence-electron chi connectivity index (χ0n) is 17.0. The minimum Gasteiger partial charge on any atom is -0.318 e. The van der Waals surface area contributed by atoms with E-state index in [2.05, 4.69) is 11.4 Å². The Morgan fingerprint density at radius 3 is 2.48 bits per heavy atom. The first kappa shape index (κ1) is 20.1. The van der Waals surface area contributed by atoms with E-state index in [0.29, 0.717) is 5.56 Å². The lowest BCUT2D eigenvalue weighted by Gasteiger charge is -2.12. The molecule has 154 valence electrons. The molecule has 6 nitrogen and oxygen atoms in total. The number of nitrogens with one attached hydrogen (secondary N) is 1. The monoisotopic (exact) mass is 414 g/mol. The number of carbonyl (C=O) groups is 2.